The molecule has 0 spiro atoms. The summed E-state index contributed by atoms with van der Waals surface area (Å²) in [5.41, 5.74) is -0.589. The van der Waals surface area contributed by atoms with Gasteiger partial charge >= 0.3 is 11.9 Å². The van der Waals surface area contributed by atoms with Crippen LogP contribution in [0.3, 0.4) is 0 Å². The van der Waals surface area contributed by atoms with Crippen LogP contribution < -0.4 is 0 Å². The van der Waals surface area contributed by atoms with Crippen LogP contribution in [0.1, 0.15) is 25.7 Å². The van der Waals surface area contributed by atoms with Crippen molar-refractivity contribution in [1.82, 2.24) is 0 Å². The van der Waals surface area contributed by atoms with Crippen LogP contribution in [0, 0.1) is 11.3 Å². The molecule has 0 aromatic rings. The van der Waals surface area contributed by atoms with Gasteiger partial charge in [0.2, 0.25) is 0 Å². The molecule has 1 fully saturated rings. The van der Waals surface area contributed by atoms with E-state index in [1.807, 2.05) is 0 Å². The highest BCUT2D eigenvalue weighted by Gasteiger charge is 2.44. The summed E-state index contributed by atoms with van der Waals surface area (Å²) in [6.07, 6.45) is 2.50. The van der Waals surface area contributed by atoms with Gasteiger partial charge in [0.25, 0.3) is 0 Å². The molecule has 0 aromatic heterocycles. The molecule has 5 nitrogen and oxygen atoms in total. The number of rotatable bonds is 4. The third-order valence-electron chi connectivity index (χ3n) is 3.52. The van der Waals surface area contributed by atoms with Gasteiger partial charge in [-0.2, -0.15) is 0 Å². The van der Waals surface area contributed by atoms with Crippen LogP contribution in [-0.2, 0) is 23.8 Å². The second kappa shape index (κ2) is 6.00. The highest BCUT2D eigenvalue weighted by molar-refractivity contribution is 5.78. The Labute approximate surface area is 101 Å². The lowest BCUT2D eigenvalue weighted by molar-refractivity contribution is -0.162. The van der Waals surface area contributed by atoms with Crippen LogP contribution in [0.4, 0.5) is 0 Å². The molecule has 1 aliphatic rings. The van der Waals surface area contributed by atoms with Gasteiger partial charge in [0, 0.05) is 7.11 Å². The quantitative estimate of drug-likeness (QED) is 0.694. The van der Waals surface area contributed by atoms with E-state index in [2.05, 4.69) is 0 Å². The molecule has 17 heavy (non-hydrogen) atoms. The standard InChI is InChI=1S/C12H20O5/c1-15-8-12(11(14)17-3)6-4-9(5-7-12)10(13)16-2/h9H,4-8H2,1-3H3/t9-,12+. The molecule has 0 atom stereocenters. The van der Waals surface area contributed by atoms with Gasteiger partial charge in [0.05, 0.1) is 32.2 Å². The Bertz CT molecular complexity index is 279. The highest BCUT2D eigenvalue weighted by Crippen LogP contribution is 2.40. The molecule has 0 saturated heterocycles. The van der Waals surface area contributed by atoms with Gasteiger partial charge in [-0.3, -0.25) is 9.59 Å². The lowest BCUT2D eigenvalue weighted by Crippen LogP contribution is -2.41. The fourth-order valence-electron chi connectivity index (χ4n) is 2.47. The number of hydrogen-bond acceptors (Lipinski definition) is 5. The number of esters is 2. The summed E-state index contributed by atoms with van der Waals surface area (Å²) in [5, 5.41) is 0. The van der Waals surface area contributed by atoms with E-state index in [1.165, 1.54) is 14.2 Å². The fourth-order valence-corrected chi connectivity index (χ4v) is 2.47. The molecule has 0 radical (unpaired) electrons. The number of methoxy groups -OCH3 is 3. The Balaban J connectivity index is 2.67. The zero-order chi connectivity index (χ0) is 12.9. The van der Waals surface area contributed by atoms with E-state index in [4.69, 9.17) is 14.2 Å². The second-order valence-electron chi connectivity index (χ2n) is 4.50. The second-order valence-corrected chi connectivity index (χ2v) is 4.50. The van der Waals surface area contributed by atoms with Crippen LogP contribution in [-0.4, -0.2) is 39.9 Å². The molecule has 1 saturated carbocycles. The van der Waals surface area contributed by atoms with Crippen LogP contribution >= 0.6 is 0 Å². The van der Waals surface area contributed by atoms with Crippen molar-refractivity contribution in [3.8, 4) is 0 Å². The molecule has 0 amide bonds. The summed E-state index contributed by atoms with van der Waals surface area (Å²) in [4.78, 5) is 23.2. The van der Waals surface area contributed by atoms with Gasteiger partial charge in [0.1, 0.15) is 0 Å². The van der Waals surface area contributed by atoms with Crippen molar-refractivity contribution in [2.45, 2.75) is 25.7 Å². The molecule has 1 aliphatic carbocycles. The number of ether oxygens (including phenoxy) is 3. The van der Waals surface area contributed by atoms with Crippen LogP contribution in [0.15, 0.2) is 0 Å². The minimum atomic E-state index is -0.589. The summed E-state index contributed by atoms with van der Waals surface area (Å²) < 4.78 is 14.7. The number of carbonyl (C=O) groups excluding carboxylic acids is 2. The summed E-state index contributed by atoms with van der Waals surface area (Å²) in [6, 6.07) is 0. The van der Waals surface area contributed by atoms with Crippen LogP contribution in [0.2, 0.25) is 0 Å². The van der Waals surface area contributed by atoms with Crippen molar-refractivity contribution in [1.29, 1.82) is 0 Å². The zero-order valence-corrected chi connectivity index (χ0v) is 10.7. The van der Waals surface area contributed by atoms with E-state index in [9.17, 15) is 9.59 Å². The highest BCUT2D eigenvalue weighted by atomic mass is 16.5. The largest absolute Gasteiger partial charge is 0.469 e. The molecule has 0 aromatic carbocycles. The molecule has 5 heteroatoms. The summed E-state index contributed by atoms with van der Waals surface area (Å²) in [7, 11) is 4.34. The first kappa shape index (κ1) is 14.0. The summed E-state index contributed by atoms with van der Waals surface area (Å²) in [6.45, 7) is 0.341. The summed E-state index contributed by atoms with van der Waals surface area (Å²) >= 11 is 0. The van der Waals surface area contributed by atoms with Gasteiger partial charge in [-0.1, -0.05) is 0 Å². The minimum absolute atomic E-state index is 0.102. The molecule has 98 valence electrons. The normalized spacial score (nSPS) is 28.5. The molecule has 1 rings (SSSR count). The van der Waals surface area contributed by atoms with Crippen molar-refractivity contribution in [2.75, 3.05) is 27.9 Å². The van der Waals surface area contributed by atoms with Gasteiger partial charge in [-0.25, -0.2) is 0 Å². The maximum atomic E-state index is 11.8. The number of hydrogen-bond donors (Lipinski definition) is 0. The lowest BCUT2D eigenvalue weighted by Gasteiger charge is -2.36. The molecule has 0 unspecified atom stereocenters. The fraction of sp³-hybridized carbons (Fsp3) is 0.833. The molecule has 0 heterocycles. The van der Waals surface area contributed by atoms with E-state index >= 15 is 0 Å². The number of carbonyl (C=O) groups is 2. The third kappa shape index (κ3) is 2.97. The SMILES string of the molecule is COC[C@]1(C(=O)OC)CC[C@@H](C(=O)OC)CC1. The zero-order valence-electron chi connectivity index (χ0n) is 10.7. The van der Waals surface area contributed by atoms with Gasteiger partial charge in [-0.05, 0) is 25.7 Å². The topological polar surface area (TPSA) is 61.8 Å². The monoisotopic (exact) mass is 244 g/mol. The van der Waals surface area contributed by atoms with Gasteiger partial charge in [-0.15, -0.1) is 0 Å². The third-order valence-corrected chi connectivity index (χ3v) is 3.52. The molecular weight excluding hydrogens is 224 g/mol. The minimum Gasteiger partial charge on any atom is -0.469 e. The van der Waals surface area contributed by atoms with E-state index in [0.717, 1.165) is 0 Å². The summed E-state index contributed by atoms with van der Waals surface area (Å²) in [5.74, 6) is -0.543. The van der Waals surface area contributed by atoms with Crippen molar-refractivity contribution < 1.29 is 23.8 Å². The Morgan fingerprint density at radius 1 is 1.12 bits per heavy atom. The van der Waals surface area contributed by atoms with Crippen molar-refractivity contribution in [3.05, 3.63) is 0 Å². The van der Waals surface area contributed by atoms with Crippen LogP contribution in [0.5, 0.6) is 0 Å². The van der Waals surface area contributed by atoms with E-state index in [-0.39, 0.29) is 17.9 Å². The first-order chi connectivity index (χ1) is 8.09. The first-order valence-corrected chi connectivity index (χ1v) is 5.75. The average Bonchev–Trinajstić information content (AvgIpc) is 2.38. The van der Waals surface area contributed by atoms with Crippen molar-refractivity contribution >= 4 is 11.9 Å². The Hall–Kier alpha value is -1.10. The molecule has 0 N–H and O–H groups in total. The lowest BCUT2D eigenvalue weighted by atomic mass is 9.71. The van der Waals surface area contributed by atoms with E-state index in [1.54, 1.807) is 7.11 Å². The van der Waals surface area contributed by atoms with E-state index < -0.39 is 5.41 Å². The maximum Gasteiger partial charge on any atom is 0.314 e. The van der Waals surface area contributed by atoms with E-state index in [0.29, 0.717) is 32.3 Å². The smallest absolute Gasteiger partial charge is 0.314 e. The molecular formula is C12H20O5. The predicted molar refractivity (Wildman–Crippen MR) is 60.3 cm³/mol. The van der Waals surface area contributed by atoms with Crippen LogP contribution in [0.25, 0.3) is 0 Å². The van der Waals surface area contributed by atoms with Crippen molar-refractivity contribution in [3.63, 3.8) is 0 Å². The Morgan fingerprint density at radius 3 is 2.12 bits per heavy atom. The Morgan fingerprint density at radius 2 is 1.71 bits per heavy atom. The molecule has 0 aliphatic heterocycles. The predicted octanol–water partition coefficient (Wildman–Crippen LogP) is 1.16. The average molecular weight is 244 g/mol. The molecule has 0 bridgehead atoms. The Kier molecular flexibility index (Phi) is 4.93. The maximum absolute atomic E-state index is 11.8. The van der Waals surface area contributed by atoms with Gasteiger partial charge < -0.3 is 14.2 Å². The van der Waals surface area contributed by atoms with Crippen molar-refractivity contribution in [2.24, 2.45) is 11.3 Å². The first-order valence-electron chi connectivity index (χ1n) is 5.75. The van der Waals surface area contributed by atoms with Gasteiger partial charge in [0.15, 0.2) is 0 Å².